The van der Waals surface area contributed by atoms with Gasteiger partial charge in [0.15, 0.2) is 0 Å². The molecule has 0 aliphatic heterocycles. The van der Waals surface area contributed by atoms with Gasteiger partial charge in [0.05, 0.1) is 30.2 Å². The van der Waals surface area contributed by atoms with Gasteiger partial charge in [-0.05, 0) is 40.5 Å². The van der Waals surface area contributed by atoms with E-state index in [1.807, 2.05) is 0 Å². The lowest BCUT2D eigenvalue weighted by molar-refractivity contribution is -0.123. The van der Waals surface area contributed by atoms with Crippen LogP contribution in [-0.4, -0.2) is 34.9 Å². The highest BCUT2D eigenvalue weighted by molar-refractivity contribution is 9.10. The number of carbonyl (C=O) groups excluding carboxylic acids is 1. The smallest absolute Gasteiger partial charge is 0.225 e. The number of carbonyl (C=O) groups is 1. The Kier molecular flexibility index (Phi) is 5.59. The summed E-state index contributed by atoms with van der Waals surface area (Å²) in [7, 11) is 0. The lowest BCUT2D eigenvalue weighted by Gasteiger charge is -2.26. The number of amides is 1. The van der Waals surface area contributed by atoms with E-state index >= 15 is 0 Å². The molecule has 0 aromatic heterocycles. The van der Waals surface area contributed by atoms with Crippen molar-refractivity contribution in [2.75, 3.05) is 13.2 Å². The van der Waals surface area contributed by atoms with E-state index < -0.39 is 5.54 Å². The van der Waals surface area contributed by atoms with E-state index in [9.17, 15) is 4.79 Å². The fourth-order valence-corrected chi connectivity index (χ4v) is 1.79. The molecule has 1 amide bonds. The highest BCUT2D eigenvalue weighted by Gasteiger charge is 2.24. The zero-order chi connectivity index (χ0) is 13.8. The van der Waals surface area contributed by atoms with Gasteiger partial charge in [-0.1, -0.05) is 17.7 Å². The second-order valence-corrected chi connectivity index (χ2v) is 5.61. The van der Waals surface area contributed by atoms with Crippen LogP contribution in [0.5, 0.6) is 0 Å². The Bertz CT molecular complexity index is 435. The Balaban J connectivity index is 2.67. The van der Waals surface area contributed by atoms with Crippen molar-refractivity contribution in [1.82, 2.24) is 5.32 Å². The highest BCUT2D eigenvalue weighted by atomic mass is 79.9. The third-order valence-electron chi connectivity index (χ3n) is 2.49. The summed E-state index contributed by atoms with van der Waals surface area (Å²) < 4.78 is 0.767. The summed E-state index contributed by atoms with van der Waals surface area (Å²) in [5.74, 6) is -0.279. The normalized spacial score (nSPS) is 11.4. The molecule has 100 valence electrons. The summed E-state index contributed by atoms with van der Waals surface area (Å²) in [6, 6.07) is 5.24. The van der Waals surface area contributed by atoms with Gasteiger partial charge in [-0.15, -0.1) is 0 Å². The first kappa shape index (κ1) is 15.4. The van der Waals surface area contributed by atoms with E-state index in [2.05, 4.69) is 21.2 Å². The van der Waals surface area contributed by atoms with Crippen molar-refractivity contribution in [3.8, 4) is 0 Å². The van der Waals surface area contributed by atoms with Gasteiger partial charge in [-0.25, -0.2) is 0 Å². The van der Waals surface area contributed by atoms with E-state index in [1.54, 1.807) is 25.1 Å². The van der Waals surface area contributed by atoms with Gasteiger partial charge >= 0.3 is 0 Å². The van der Waals surface area contributed by atoms with Crippen molar-refractivity contribution in [3.05, 3.63) is 33.3 Å². The van der Waals surface area contributed by atoms with Crippen molar-refractivity contribution in [3.63, 3.8) is 0 Å². The van der Waals surface area contributed by atoms with Gasteiger partial charge < -0.3 is 15.5 Å². The molecule has 0 heterocycles. The molecule has 0 spiro atoms. The van der Waals surface area contributed by atoms with Crippen LogP contribution in [0.25, 0.3) is 0 Å². The van der Waals surface area contributed by atoms with Crippen LogP contribution in [0.4, 0.5) is 0 Å². The maximum atomic E-state index is 11.8. The maximum absolute atomic E-state index is 11.8. The molecule has 0 saturated heterocycles. The highest BCUT2D eigenvalue weighted by Crippen LogP contribution is 2.23. The minimum Gasteiger partial charge on any atom is -0.394 e. The number of aliphatic hydroxyl groups is 2. The second-order valence-electron chi connectivity index (χ2n) is 4.35. The third kappa shape index (κ3) is 4.24. The second kappa shape index (κ2) is 6.52. The zero-order valence-electron chi connectivity index (χ0n) is 9.91. The van der Waals surface area contributed by atoms with Gasteiger partial charge in [0.25, 0.3) is 0 Å². The molecule has 0 aliphatic carbocycles. The van der Waals surface area contributed by atoms with Gasteiger partial charge in [-0.2, -0.15) is 0 Å². The van der Waals surface area contributed by atoms with Crippen LogP contribution in [0.2, 0.25) is 5.02 Å². The molecule has 6 heteroatoms. The maximum Gasteiger partial charge on any atom is 0.225 e. The summed E-state index contributed by atoms with van der Waals surface area (Å²) in [5, 5.41) is 21.3. The standard InChI is InChI=1S/C12H15BrClNO3/c1-12(6-16,7-17)15-11(18)5-8-2-3-9(13)10(14)4-8/h2-4,16-17H,5-7H2,1H3,(H,15,18). The predicted molar refractivity (Wildman–Crippen MR) is 73.6 cm³/mol. The van der Waals surface area contributed by atoms with Gasteiger partial charge in [0, 0.05) is 4.47 Å². The molecule has 1 rings (SSSR count). The van der Waals surface area contributed by atoms with Crippen molar-refractivity contribution < 1.29 is 15.0 Å². The van der Waals surface area contributed by atoms with Crippen molar-refractivity contribution >= 4 is 33.4 Å². The third-order valence-corrected chi connectivity index (χ3v) is 3.72. The number of hydrogen-bond donors (Lipinski definition) is 3. The average Bonchev–Trinajstić information content (AvgIpc) is 2.33. The Morgan fingerprint density at radius 3 is 2.56 bits per heavy atom. The van der Waals surface area contributed by atoms with Gasteiger partial charge in [0.2, 0.25) is 5.91 Å². The molecule has 1 aromatic rings. The minimum absolute atomic E-state index is 0.141. The quantitative estimate of drug-likeness (QED) is 0.763. The fraction of sp³-hybridized carbons (Fsp3) is 0.417. The molecule has 0 bridgehead atoms. The number of rotatable bonds is 5. The van der Waals surface area contributed by atoms with Crippen molar-refractivity contribution in [2.45, 2.75) is 18.9 Å². The molecule has 0 unspecified atom stereocenters. The Morgan fingerprint density at radius 2 is 2.06 bits per heavy atom. The van der Waals surface area contributed by atoms with Gasteiger partial charge in [-0.3, -0.25) is 4.79 Å². The summed E-state index contributed by atoms with van der Waals surface area (Å²) in [6.07, 6.45) is 0.141. The van der Waals surface area contributed by atoms with Crippen molar-refractivity contribution in [2.24, 2.45) is 0 Å². The SMILES string of the molecule is CC(CO)(CO)NC(=O)Cc1ccc(Br)c(Cl)c1. The molecule has 0 fully saturated rings. The number of hydrogen-bond acceptors (Lipinski definition) is 3. The number of aliphatic hydroxyl groups excluding tert-OH is 2. The van der Waals surface area contributed by atoms with Crippen LogP contribution in [0.1, 0.15) is 12.5 Å². The monoisotopic (exact) mass is 335 g/mol. The van der Waals surface area contributed by atoms with Crippen LogP contribution in [0, 0.1) is 0 Å². The lowest BCUT2D eigenvalue weighted by atomic mass is 10.0. The Hall–Kier alpha value is -0.620. The first-order valence-corrected chi connectivity index (χ1v) is 6.54. The number of halogens is 2. The molecule has 0 radical (unpaired) electrons. The van der Waals surface area contributed by atoms with E-state index in [0.29, 0.717) is 5.02 Å². The van der Waals surface area contributed by atoms with E-state index in [0.717, 1.165) is 10.0 Å². The number of nitrogens with one attached hydrogen (secondary N) is 1. The summed E-state index contributed by atoms with van der Waals surface area (Å²) in [6.45, 7) is 0.923. The summed E-state index contributed by atoms with van der Waals surface area (Å²) in [4.78, 5) is 11.8. The van der Waals surface area contributed by atoms with E-state index in [1.165, 1.54) is 0 Å². The zero-order valence-corrected chi connectivity index (χ0v) is 12.3. The largest absolute Gasteiger partial charge is 0.394 e. The number of benzene rings is 1. The molecular weight excluding hydrogens is 321 g/mol. The van der Waals surface area contributed by atoms with Gasteiger partial charge in [0.1, 0.15) is 0 Å². The Labute approximate surface area is 119 Å². The fourth-order valence-electron chi connectivity index (χ4n) is 1.34. The van der Waals surface area contributed by atoms with Crippen molar-refractivity contribution in [1.29, 1.82) is 0 Å². The summed E-state index contributed by atoms with van der Waals surface area (Å²) in [5.41, 5.74) is -0.241. The van der Waals surface area contributed by atoms with E-state index in [4.69, 9.17) is 21.8 Å². The molecule has 1 aromatic carbocycles. The molecule has 18 heavy (non-hydrogen) atoms. The molecule has 0 atom stereocenters. The topological polar surface area (TPSA) is 69.6 Å². The van der Waals surface area contributed by atoms with Crippen LogP contribution in [-0.2, 0) is 11.2 Å². The minimum atomic E-state index is -1.00. The van der Waals surface area contributed by atoms with E-state index in [-0.39, 0.29) is 25.5 Å². The first-order chi connectivity index (χ1) is 8.40. The molecule has 0 aliphatic rings. The van der Waals surface area contributed by atoms with Crippen LogP contribution >= 0.6 is 27.5 Å². The molecule has 3 N–H and O–H groups in total. The van der Waals surface area contributed by atoms with Crippen LogP contribution in [0.15, 0.2) is 22.7 Å². The molecule has 0 saturated carbocycles. The first-order valence-electron chi connectivity index (χ1n) is 5.37. The van der Waals surface area contributed by atoms with Crippen LogP contribution < -0.4 is 5.32 Å². The Morgan fingerprint density at radius 1 is 1.44 bits per heavy atom. The lowest BCUT2D eigenvalue weighted by Crippen LogP contribution is -2.52. The molecule has 4 nitrogen and oxygen atoms in total. The van der Waals surface area contributed by atoms with Crippen LogP contribution in [0.3, 0.4) is 0 Å². The predicted octanol–water partition coefficient (Wildman–Crippen LogP) is 1.50. The average molecular weight is 337 g/mol. The summed E-state index contributed by atoms with van der Waals surface area (Å²) >= 11 is 9.19. The molecular formula is C12H15BrClNO3.